The predicted octanol–water partition coefficient (Wildman–Crippen LogP) is 3.09. The van der Waals surface area contributed by atoms with Crippen molar-refractivity contribution in [2.24, 2.45) is 0 Å². The molecule has 0 bridgehead atoms. The van der Waals surface area contributed by atoms with Gasteiger partial charge in [-0.15, -0.1) is 0 Å². The first-order chi connectivity index (χ1) is 8.82. The molecule has 0 aliphatic heterocycles. The van der Waals surface area contributed by atoms with Crippen molar-refractivity contribution in [1.82, 2.24) is 0 Å². The number of methoxy groups -OCH3 is 1. The van der Waals surface area contributed by atoms with Crippen LogP contribution in [0.3, 0.4) is 0 Å². The van der Waals surface area contributed by atoms with Crippen LogP contribution in [-0.2, 0) is 9.53 Å². The molecule has 1 aromatic carbocycles. The van der Waals surface area contributed by atoms with E-state index in [1.165, 1.54) is 13.4 Å². The maximum Gasteiger partial charge on any atom is 0.329 e. The van der Waals surface area contributed by atoms with Gasteiger partial charge in [-0.05, 0) is 38.8 Å². The summed E-state index contributed by atoms with van der Waals surface area (Å²) in [5, 5.41) is 9.44. The average Bonchev–Trinajstić information content (AvgIpc) is 2.32. The maximum absolute atomic E-state index is 11.5. The zero-order chi connectivity index (χ0) is 14.6. The molecule has 104 valence electrons. The molecule has 19 heavy (non-hydrogen) atoms. The summed E-state index contributed by atoms with van der Waals surface area (Å²) in [7, 11) is 1.53. The summed E-state index contributed by atoms with van der Waals surface area (Å²) in [6, 6.07) is 5.89. The lowest BCUT2D eigenvalue weighted by Crippen LogP contribution is -2.48. The minimum atomic E-state index is -1.06. The SMILES string of the molecule is COC=CN(c1c(C)cccc1C)C(C)(C)C(=O)O. The van der Waals surface area contributed by atoms with E-state index < -0.39 is 11.5 Å². The molecule has 0 saturated carbocycles. The van der Waals surface area contributed by atoms with Crippen LogP contribution in [0.5, 0.6) is 0 Å². The molecule has 1 rings (SSSR count). The van der Waals surface area contributed by atoms with Gasteiger partial charge in [-0.25, -0.2) is 4.79 Å². The van der Waals surface area contributed by atoms with Crippen molar-refractivity contribution in [3.05, 3.63) is 41.8 Å². The van der Waals surface area contributed by atoms with Crippen molar-refractivity contribution in [3.63, 3.8) is 0 Å². The van der Waals surface area contributed by atoms with E-state index in [1.54, 1.807) is 24.9 Å². The number of anilines is 1. The number of carboxylic acids is 1. The first kappa shape index (κ1) is 15.1. The molecular weight excluding hydrogens is 242 g/mol. The normalized spacial score (nSPS) is 11.6. The summed E-state index contributed by atoms with van der Waals surface area (Å²) in [4.78, 5) is 13.2. The number of para-hydroxylation sites is 1. The summed E-state index contributed by atoms with van der Waals surface area (Å²) in [6.07, 6.45) is 3.14. The molecule has 0 saturated heterocycles. The van der Waals surface area contributed by atoms with Crippen LogP contribution in [0.4, 0.5) is 5.69 Å². The third kappa shape index (κ3) is 3.08. The number of nitrogens with zero attached hydrogens (tertiary/aromatic N) is 1. The van der Waals surface area contributed by atoms with Crippen LogP contribution in [0.15, 0.2) is 30.7 Å². The van der Waals surface area contributed by atoms with Crippen molar-refractivity contribution >= 4 is 11.7 Å². The lowest BCUT2D eigenvalue weighted by atomic mass is 9.99. The number of rotatable bonds is 5. The van der Waals surface area contributed by atoms with E-state index in [9.17, 15) is 9.90 Å². The van der Waals surface area contributed by atoms with Gasteiger partial charge in [-0.1, -0.05) is 18.2 Å². The highest BCUT2D eigenvalue weighted by molar-refractivity contribution is 5.84. The molecule has 4 heteroatoms. The Bertz CT molecular complexity index is 472. The molecular formula is C15H21NO3. The summed E-state index contributed by atoms with van der Waals surface area (Å²) >= 11 is 0. The van der Waals surface area contributed by atoms with Crippen LogP contribution in [0, 0.1) is 13.8 Å². The lowest BCUT2D eigenvalue weighted by molar-refractivity contribution is -0.141. The van der Waals surface area contributed by atoms with E-state index in [0.29, 0.717) is 0 Å². The lowest BCUT2D eigenvalue weighted by Gasteiger charge is -2.36. The van der Waals surface area contributed by atoms with Gasteiger partial charge in [-0.3, -0.25) is 0 Å². The van der Waals surface area contributed by atoms with E-state index in [4.69, 9.17) is 4.74 Å². The van der Waals surface area contributed by atoms with Crippen LogP contribution in [-0.4, -0.2) is 23.7 Å². The van der Waals surface area contributed by atoms with Gasteiger partial charge in [-0.2, -0.15) is 0 Å². The Balaban J connectivity index is 3.41. The number of carboxylic acid groups (broad SMARTS) is 1. The van der Waals surface area contributed by atoms with Gasteiger partial charge in [0.15, 0.2) is 0 Å². The Morgan fingerprint density at radius 3 is 2.26 bits per heavy atom. The van der Waals surface area contributed by atoms with Gasteiger partial charge >= 0.3 is 5.97 Å². The Hall–Kier alpha value is -1.97. The molecule has 0 fully saturated rings. The summed E-state index contributed by atoms with van der Waals surface area (Å²) < 4.78 is 4.93. The topological polar surface area (TPSA) is 49.8 Å². The van der Waals surface area contributed by atoms with E-state index in [2.05, 4.69) is 0 Å². The zero-order valence-corrected chi connectivity index (χ0v) is 12.1. The van der Waals surface area contributed by atoms with Gasteiger partial charge in [0.25, 0.3) is 0 Å². The number of aryl methyl sites for hydroxylation is 2. The first-order valence-electron chi connectivity index (χ1n) is 6.10. The van der Waals surface area contributed by atoms with Gasteiger partial charge in [0, 0.05) is 11.9 Å². The predicted molar refractivity (Wildman–Crippen MR) is 76.3 cm³/mol. The molecule has 0 unspecified atom stereocenters. The second-order valence-corrected chi connectivity index (χ2v) is 5.00. The van der Waals surface area contributed by atoms with E-state index >= 15 is 0 Å². The van der Waals surface area contributed by atoms with Crippen LogP contribution in [0.25, 0.3) is 0 Å². The number of carbonyl (C=O) groups is 1. The fourth-order valence-electron chi connectivity index (χ4n) is 1.95. The quantitative estimate of drug-likeness (QED) is 0.829. The van der Waals surface area contributed by atoms with Crippen LogP contribution < -0.4 is 4.90 Å². The van der Waals surface area contributed by atoms with Gasteiger partial charge in [0.2, 0.25) is 0 Å². The molecule has 1 N–H and O–H groups in total. The number of aliphatic carboxylic acids is 1. The Kier molecular flexibility index (Phi) is 4.59. The van der Waals surface area contributed by atoms with Crippen LogP contribution in [0.1, 0.15) is 25.0 Å². The molecule has 1 aromatic rings. The molecule has 0 aliphatic carbocycles. The maximum atomic E-state index is 11.5. The third-order valence-electron chi connectivity index (χ3n) is 3.15. The monoisotopic (exact) mass is 263 g/mol. The minimum Gasteiger partial charge on any atom is -0.503 e. The summed E-state index contributed by atoms with van der Waals surface area (Å²) in [5.74, 6) is -0.893. The van der Waals surface area contributed by atoms with Crippen molar-refractivity contribution in [3.8, 4) is 0 Å². The molecule has 0 spiro atoms. The van der Waals surface area contributed by atoms with Crippen molar-refractivity contribution in [2.45, 2.75) is 33.2 Å². The summed E-state index contributed by atoms with van der Waals surface area (Å²) in [5.41, 5.74) is 1.87. The highest BCUT2D eigenvalue weighted by Gasteiger charge is 2.35. The first-order valence-corrected chi connectivity index (χ1v) is 6.10. The Labute approximate surface area is 114 Å². The number of benzene rings is 1. The molecule has 4 nitrogen and oxygen atoms in total. The zero-order valence-electron chi connectivity index (χ0n) is 12.1. The molecule has 0 heterocycles. The van der Waals surface area contributed by atoms with Gasteiger partial charge in [0.1, 0.15) is 5.54 Å². The Morgan fingerprint density at radius 2 is 1.84 bits per heavy atom. The highest BCUT2D eigenvalue weighted by atomic mass is 16.5. The minimum absolute atomic E-state index is 0.892. The van der Waals surface area contributed by atoms with E-state index in [1.807, 2.05) is 32.0 Å². The van der Waals surface area contributed by atoms with Gasteiger partial charge in [0.05, 0.1) is 13.4 Å². The van der Waals surface area contributed by atoms with Gasteiger partial charge < -0.3 is 14.7 Å². The van der Waals surface area contributed by atoms with Crippen LogP contribution >= 0.6 is 0 Å². The Morgan fingerprint density at radius 1 is 1.32 bits per heavy atom. The molecule has 0 atom stereocenters. The number of hydrogen-bond donors (Lipinski definition) is 1. The third-order valence-corrected chi connectivity index (χ3v) is 3.15. The standard InChI is InChI=1S/C15H21NO3/c1-11-7-6-8-12(2)13(11)16(9-10-19-5)15(3,4)14(17)18/h6-10H,1-5H3,(H,17,18). The molecule has 0 radical (unpaired) electrons. The van der Waals surface area contributed by atoms with Crippen LogP contribution in [0.2, 0.25) is 0 Å². The molecule has 0 amide bonds. The average molecular weight is 263 g/mol. The largest absolute Gasteiger partial charge is 0.503 e. The van der Waals surface area contributed by atoms with Crippen molar-refractivity contribution in [2.75, 3.05) is 12.0 Å². The molecule has 0 aliphatic rings. The second kappa shape index (κ2) is 5.78. The number of ether oxygens (including phenoxy) is 1. The van der Waals surface area contributed by atoms with Crippen molar-refractivity contribution in [1.29, 1.82) is 0 Å². The van der Waals surface area contributed by atoms with E-state index in [0.717, 1.165) is 16.8 Å². The molecule has 0 aromatic heterocycles. The van der Waals surface area contributed by atoms with Crippen molar-refractivity contribution < 1.29 is 14.6 Å². The second-order valence-electron chi connectivity index (χ2n) is 5.00. The smallest absolute Gasteiger partial charge is 0.329 e. The number of hydrogen-bond acceptors (Lipinski definition) is 3. The fourth-order valence-corrected chi connectivity index (χ4v) is 1.95. The summed E-state index contributed by atoms with van der Waals surface area (Å²) in [6.45, 7) is 7.27. The highest BCUT2D eigenvalue weighted by Crippen LogP contribution is 2.31. The fraction of sp³-hybridized carbons (Fsp3) is 0.400. The van der Waals surface area contributed by atoms with E-state index in [-0.39, 0.29) is 0 Å².